The van der Waals surface area contributed by atoms with Gasteiger partial charge in [0.25, 0.3) is 0 Å². The summed E-state index contributed by atoms with van der Waals surface area (Å²) >= 11 is 1.17. The van der Waals surface area contributed by atoms with Gasteiger partial charge in [0.1, 0.15) is 10.6 Å². The molecule has 0 radical (unpaired) electrons. The second kappa shape index (κ2) is 7.48. The highest BCUT2D eigenvalue weighted by Gasteiger charge is 2.27. The molecule has 1 aliphatic rings. The summed E-state index contributed by atoms with van der Waals surface area (Å²) in [6, 6.07) is 5.22. The number of aromatic nitrogens is 1. The van der Waals surface area contributed by atoms with Crippen LogP contribution in [0.1, 0.15) is 45.8 Å². The molecule has 0 spiro atoms. The topological polar surface area (TPSA) is 88.6 Å². The highest BCUT2D eigenvalue weighted by atomic mass is 32.1. The third kappa shape index (κ3) is 3.57. The van der Waals surface area contributed by atoms with Crippen LogP contribution in [0.4, 0.5) is 10.7 Å². The van der Waals surface area contributed by atoms with Crippen LogP contribution in [0.25, 0.3) is 0 Å². The summed E-state index contributed by atoms with van der Waals surface area (Å²) in [6.45, 7) is 5.42. The van der Waals surface area contributed by atoms with Crippen molar-refractivity contribution >= 4 is 39.9 Å². The maximum absolute atomic E-state index is 12.7. The molecule has 0 fully saturated rings. The number of aryl methyl sites for hydroxylation is 1. The number of Topliss-reactive ketones (excluding diaryl/α,β-unsaturated/α-hetero) is 1. The van der Waals surface area contributed by atoms with Crippen molar-refractivity contribution in [3.63, 3.8) is 0 Å². The molecular formula is C19H21N3O4S. The van der Waals surface area contributed by atoms with Gasteiger partial charge in [0.05, 0.1) is 5.69 Å². The summed E-state index contributed by atoms with van der Waals surface area (Å²) in [6.07, 6.45) is -0.222. The molecule has 2 aromatic rings. The third-order valence-corrected chi connectivity index (χ3v) is 5.54. The highest BCUT2D eigenvalue weighted by molar-refractivity contribution is 7.10. The standard InChI is InChI=1S/C19H21N3O4S/c1-10-16(18(20-4)27-21-10)19(25)26-11(2)17(24)14-5-6-15-13(9-14)7-8-22(15)12(3)23/h5-6,9,11,20H,7-8H2,1-4H3/t11-/m0/s1. The van der Waals surface area contributed by atoms with Crippen LogP contribution in [0.3, 0.4) is 0 Å². The fourth-order valence-electron chi connectivity index (χ4n) is 3.17. The Morgan fingerprint density at radius 2 is 2.07 bits per heavy atom. The van der Waals surface area contributed by atoms with Gasteiger partial charge in [0.2, 0.25) is 11.7 Å². The van der Waals surface area contributed by atoms with E-state index in [1.165, 1.54) is 18.5 Å². The minimum Gasteiger partial charge on any atom is -0.451 e. The molecule has 1 N–H and O–H groups in total. The smallest absolute Gasteiger partial charge is 0.343 e. The first-order chi connectivity index (χ1) is 12.8. The number of ether oxygens (including phenoxy) is 1. The van der Waals surface area contributed by atoms with E-state index in [0.29, 0.717) is 34.8 Å². The van der Waals surface area contributed by atoms with E-state index < -0.39 is 12.1 Å². The Kier molecular flexibility index (Phi) is 5.27. The number of carbonyl (C=O) groups excluding carboxylic acids is 3. The van der Waals surface area contributed by atoms with Crippen LogP contribution in [0.5, 0.6) is 0 Å². The Balaban J connectivity index is 1.75. The van der Waals surface area contributed by atoms with Crippen molar-refractivity contribution in [3.05, 3.63) is 40.6 Å². The fraction of sp³-hybridized carbons (Fsp3) is 0.368. The number of hydrogen-bond acceptors (Lipinski definition) is 7. The van der Waals surface area contributed by atoms with Crippen molar-refractivity contribution < 1.29 is 19.1 Å². The zero-order valence-electron chi connectivity index (χ0n) is 15.7. The van der Waals surface area contributed by atoms with E-state index in [-0.39, 0.29) is 11.7 Å². The molecule has 0 aliphatic carbocycles. The minimum atomic E-state index is -0.926. The van der Waals surface area contributed by atoms with E-state index in [1.807, 2.05) is 0 Å². The number of esters is 1. The molecule has 142 valence electrons. The van der Waals surface area contributed by atoms with Crippen molar-refractivity contribution in [1.82, 2.24) is 4.37 Å². The zero-order chi connectivity index (χ0) is 19.7. The third-order valence-electron chi connectivity index (χ3n) is 4.59. The van der Waals surface area contributed by atoms with E-state index in [1.54, 1.807) is 44.0 Å². The van der Waals surface area contributed by atoms with Gasteiger partial charge in [-0.15, -0.1) is 0 Å². The molecule has 1 atom stereocenters. The molecule has 0 saturated heterocycles. The minimum absolute atomic E-state index is 0.0183. The SMILES string of the molecule is CNc1snc(C)c1C(=O)O[C@@H](C)C(=O)c1ccc2c(c1)CCN2C(C)=O. The van der Waals surface area contributed by atoms with E-state index >= 15 is 0 Å². The Bertz CT molecular complexity index is 922. The molecule has 1 amide bonds. The van der Waals surface area contributed by atoms with E-state index in [4.69, 9.17) is 4.74 Å². The van der Waals surface area contributed by atoms with E-state index in [0.717, 1.165) is 11.3 Å². The van der Waals surface area contributed by atoms with Gasteiger partial charge in [-0.25, -0.2) is 4.79 Å². The lowest BCUT2D eigenvalue weighted by molar-refractivity contribution is -0.116. The van der Waals surface area contributed by atoms with Crippen LogP contribution in [0.2, 0.25) is 0 Å². The maximum atomic E-state index is 12.7. The number of ketones is 1. The average Bonchev–Trinajstić information content (AvgIpc) is 3.23. The van der Waals surface area contributed by atoms with Crippen molar-refractivity contribution in [2.24, 2.45) is 0 Å². The average molecular weight is 387 g/mol. The Morgan fingerprint density at radius 1 is 1.33 bits per heavy atom. The van der Waals surface area contributed by atoms with E-state index in [2.05, 4.69) is 9.69 Å². The highest BCUT2D eigenvalue weighted by Crippen LogP contribution is 2.30. The van der Waals surface area contributed by atoms with E-state index in [9.17, 15) is 14.4 Å². The Morgan fingerprint density at radius 3 is 2.74 bits per heavy atom. The zero-order valence-corrected chi connectivity index (χ0v) is 16.5. The van der Waals surface area contributed by atoms with Crippen molar-refractivity contribution in [2.45, 2.75) is 33.3 Å². The molecule has 8 heteroatoms. The first-order valence-corrected chi connectivity index (χ1v) is 9.41. The van der Waals surface area contributed by atoms with Crippen molar-refractivity contribution in [1.29, 1.82) is 0 Å². The van der Waals surface area contributed by atoms with Crippen molar-refractivity contribution in [3.8, 4) is 0 Å². The second-order valence-corrected chi connectivity index (χ2v) is 7.17. The number of anilines is 2. The molecule has 1 aliphatic heterocycles. The monoisotopic (exact) mass is 387 g/mol. The van der Waals surface area contributed by atoms with Gasteiger partial charge in [-0.1, -0.05) is 0 Å². The number of nitrogens with zero attached hydrogens (tertiary/aromatic N) is 2. The fourth-order valence-corrected chi connectivity index (χ4v) is 3.90. The van der Waals surface area contributed by atoms with Crippen LogP contribution < -0.4 is 10.2 Å². The predicted molar refractivity (Wildman–Crippen MR) is 104 cm³/mol. The number of benzene rings is 1. The summed E-state index contributed by atoms with van der Waals surface area (Å²) < 4.78 is 9.53. The van der Waals surface area contributed by atoms with Gasteiger partial charge in [0, 0.05) is 31.8 Å². The van der Waals surface area contributed by atoms with Crippen LogP contribution in [-0.4, -0.2) is 41.7 Å². The Hall–Kier alpha value is -2.74. The van der Waals surface area contributed by atoms with Gasteiger partial charge in [-0.2, -0.15) is 4.37 Å². The quantitative estimate of drug-likeness (QED) is 0.627. The molecule has 1 aromatic heterocycles. The van der Waals surface area contributed by atoms with Gasteiger partial charge < -0.3 is 15.0 Å². The first-order valence-electron chi connectivity index (χ1n) is 8.63. The molecule has 3 rings (SSSR count). The molecular weight excluding hydrogens is 366 g/mol. The molecule has 0 saturated carbocycles. The second-order valence-electron chi connectivity index (χ2n) is 6.40. The molecule has 0 bridgehead atoms. The summed E-state index contributed by atoms with van der Waals surface area (Å²) in [7, 11) is 1.70. The Labute approximate surface area is 161 Å². The maximum Gasteiger partial charge on any atom is 0.343 e. The van der Waals surface area contributed by atoms with Gasteiger partial charge in [-0.3, -0.25) is 9.59 Å². The molecule has 1 aromatic carbocycles. The lowest BCUT2D eigenvalue weighted by Gasteiger charge is -2.16. The predicted octanol–water partition coefficient (Wildman–Crippen LogP) is 2.83. The lowest BCUT2D eigenvalue weighted by Crippen LogP contribution is -2.26. The van der Waals surface area contributed by atoms with Crippen LogP contribution in [0, 0.1) is 6.92 Å². The number of fused-ring (bicyclic) bond motifs is 1. The largest absolute Gasteiger partial charge is 0.451 e. The van der Waals surface area contributed by atoms with Crippen molar-refractivity contribution in [2.75, 3.05) is 23.8 Å². The van der Waals surface area contributed by atoms with Crippen LogP contribution in [-0.2, 0) is 16.0 Å². The van der Waals surface area contributed by atoms with Crippen LogP contribution >= 0.6 is 11.5 Å². The lowest BCUT2D eigenvalue weighted by atomic mass is 10.0. The molecule has 27 heavy (non-hydrogen) atoms. The number of hydrogen-bond donors (Lipinski definition) is 1. The molecule has 2 heterocycles. The molecule has 7 nitrogen and oxygen atoms in total. The van der Waals surface area contributed by atoms with Gasteiger partial charge >= 0.3 is 5.97 Å². The van der Waals surface area contributed by atoms with Gasteiger partial charge in [-0.05, 0) is 55.6 Å². The summed E-state index contributed by atoms with van der Waals surface area (Å²) in [5.74, 6) is -0.871. The summed E-state index contributed by atoms with van der Waals surface area (Å²) in [5, 5.41) is 3.52. The summed E-state index contributed by atoms with van der Waals surface area (Å²) in [4.78, 5) is 38.5. The number of amides is 1. The summed E-state index contributed by atoms with van der Waals surface area (Å²) in [5.41, 5.74) is 3.17. The number of carbonyl (C=O) groups is 3. The first kappa shape index (κ1) is 19.0. The van der Waals surface area contributed by atoms with Crippen LogP contribution in [0.15, 0.2) is 18.2 Å². The van der Waals surface area contributed by atoms with Gasteiger partial charge in [0.15, 0.2) is 6.10 Å². The molecule has 0 unspecified atom stereocenters. The number of nitrogens with one attached hydrogen (secondary N) is 1. The number of rotatable bonds is 5. The normalized spacial score (nSPS) is 13.9.